The summed E-state index contributed by atoms with van der Waals surface area (Å²) >= 11 is 0. The molecular formula is C7H6NO3-. The average Bonchev–Trinajstić information content (AvgIpc) is 2.04. The second kappa shape index (κ2) is 3.03. The van der Waals surface area contributed by atoms with E-state index < -0.39 is 11.7 Å². The van der Waals surface area contributed by atoms with Gasteiger partial charge in [-0.2, -0.15) is 0 Å². The fraction of sp³-hybridized carbons (Fsp3) is 0. The maximum absolute atomic E-state index is 10.8. The molecule has 0 bridgehead atoms. The highest BCUT2D eigenvalue weighted by atomic mass is 16.5. The van der Waals surface area contributed by atoms with E-state index in [9.17, 15) is 9.90 Å². The van der Waals surface area contributed by atoms with Crippen LogP contribution in [0.5, 0.6) is 5.75 Å². The number of nitrogens with one attached hydrogen (secondary N) is 1. The third-order valence-corrected chi connectivity index (χ3v) is 1.23. The van der Waals surface area contributed by atoms with E-state index in [1.165, 1.54) is 23.7 Å². The first-order valence-electron chi connectivity index (χ1n) is 2.96. The molecule has 1 amide bonds. The molecule has 4 heteroatoms. The SMILES string of the molecule is O=C(NO)c1ccccc1[O-]. The van der Waals surface area contributed by atoms with Crippen molar-refractivity contribution in [2.75, 3.05) is 0 Å². The first-order chi connectivity index (χ1) is 5.25. The van der Waals surface area contributed by atoms with Gasteiger partial charge in [-0.05, 0) is 0 Å². The zero-order chi connectivity index (χ0) is 8.27. The highest BCUT2D eigenvalue weighted by molar-refractivity contribution is 5.95. The topological polar surface area (TPSA) is 72.4 Å². The monoisotopic (exact) mass is 152 g/mol. The summed E-state index contributed by atoms with van der Waals surface area (Å²) in [6, 6.07) is 5.67. The summed E-state index contributed by atoms with van der Waals surface area (Å²) in [5.74, 6) is -1.19. The number of amides is 1. The number of para-hydroxylation sites is 1. The molecule has 0 spiro atoms. The fourth-order valence-corrected chi connectivity index (χ4v) is 0.714. The Labute approximate surface area is 63.1 Å². The molecule has 1 aromatic rings. The van der Waals surface area contributed by atoms with E-state index in [1.807, 2.05) is 0 Å². The van der Waals surface area contributed by atoms with Crippen LogP contribution in [-0.2, 0) is 0 Å². The third kappa shape index (κ3) is 1.47. The second-order valence-electron chi connectivity index (χ2n) is 1.94. The van der Waals surface area contributed by atoms with Gasteiger partial charge < -0.3 is 5.11 Å². The van der Waals surface area contributed by atoms with Gasteiger partial charge in [-0.1, -0.05) is 30.0 Å². The lowest BCUT2D eigenvalue weighted by Crippen LogP contribution is -2.19. The molecule has 58 valence electrons. The number of benzene rings is 1. The Morgan fingerprint density at radius 2 is 2.09 bits per heavy atom. The number of rotatable bonds is 1. The summed E-state index contributed by atoms with van der Waals surface area (Å²) in [7, 11) is 0. The second-order valence-corrected chi connectivity index (χ2v) is 1.94. The Balaban J connectivity index is 3.03. The van der Waals surface area contributed by atoms with Crippen molar-refractivity contribution in [3.05, 3.63) is 29.8 Å². The van der Waals surface area contributed by atoms with Gasteiger partial charge in [0.25, 0.3) is 5.91 Å². The van der Waals surface area contributed by atoms with Crippen molar-refractivity contribution >= 4 is 5.91 Å². The Hall–Kier alpha value is -1.55. The van der Waals surface area contributed by atoms with Crippen molar-refractivity contribution in [1.29, 1.82) is 0 Å². The van der Waals surface area contributed by atoms with Crippen molar-refractivity contribution in [3.8, 4) is 5.75 Å². The first-order valence-corrected chi connectivity index (χ1v) is 2.96. The van der Waals surface area contributed by atoms with Crippen LogP contribution in [-0.4, -0.2) is 11.1 Å². The first kappa shape index (κ1) is 7.56. The summed E-state index contributed by atoms with van der Waals surface area (Å²) in [6.45, 7) is 0. The summed E-state index contributed by atoms with van der Waals surface area (Å²) in [4.78, 5) is 10.7. The smallest absolute Gasteiger partial charge is 0.274 e. The van der Waals surface area contributed by atoms with Gasteiger partial charge in [0, 0.05) is 5.56 Å². The maximum Gasteiger partial charge on any atom is 0.274 e. The van der Waals surface area contributed by atoms with Crippen molar-refractivity contribution in [3.63, 3.8) is 0 Å². The minimum absolute atomic E-state index is 0.0602. The molecule has 0 atom stereocenters. The average molecular weight is 152 g/mol. The molecule has 0 aliphatic heterocycles. The Morgan fingerprint density at radius 1 is 1.45 bits per heavy atom. The molecule has 11 heavy (non-hydrogen) atoms. The van der Waals surface area contributed by atoms with Gasteiger partial charge in [0.05, 0.1) is 0 Å². The van der Waals surface area contributed by atoms with E-state index in [0.717, 1.165) is 0 Å². The highest BCUT2D eigenvalue weighted by Gasteiger charge is 2.01. The molecule has 0 aliphatic carbocycles. The largest absolute Gasteiger partial charge is 0.872 e. The number of hydroxylamine groups is 1. The molecule has 0 heterocycles. The standard InChI is InChI=1S/C7H7NO3/c9-6-4-2-1-3-5(6)7(10)8-11/h1-4,9,11H,(H,8,10)/p-1. The molecule has 2 N–H and O–H groups in total. The van der Waals surface area contributed by atoms with Crippen LogP contribution in [0.2, 0.25) is 0 Å². The van der Waals surface area contributed by atoms with Crippen LogP contribution in [0.3, 0.4) is 0 Å². The lowest BCUT2D eigenvalue weighted by molar-refractivity contribution is -0.268. The van der Waals surface area contributed by atoms with Crippen LogP contribution in [0.15, 0.2) is 24.3 Å². The number of hydrogen-bond acceptors (Lipinski definition) is 3. The molecule has 0 aliphatic rings. The van der Waals surface area contributed by atoms with Crippen LogP contribution in [0.1, 0.15) is 10.4 Å². The van der Waals surface area contributed by atoms with Crippen molar-refractivity contribution in [1.82, 2.24) is 5.48 Å². The zero-order valence-electron chi connectivity index (χ0n) is 5.57. The quantitative estimate of drug-likeness (QED) is 0.435. The van der Waals surface area contributed by atoms with E-state index in [1.54, 1.807) is 6.07 Å². The van der Waals surface area contributed by atoms with Gasteiger partial charge in [0.2, 0.25) is 0 Å². The fourth-order valence-electron chi connectivity index (χ4n) is 0.714. The van der Waals surface area contributed by atoms with Gasteiger partial charge in [-0.3, -0.25) is 10.0 Å². The zero-order valence-corrected chi connectivity index (χ0v) is 5.57. The van der Waals surface area contributed by atoms with Gasteiger partial charge in [0.1, 0.15) is 0 Å². The molecule has 1 aromatic carbocycles. The molecule has 0 radical (unpaired) electrons. The van der Waals surface area contributed by atoms with Crippen LogP contribution < -0.4 is 10.6 Å². The van der Waals surface area contributed by atoms with E-state index in [2.05, 4.69) is 0 Å². The molecule has 0 fully saturated rings. The Kier molecular flexibility index (Phi) is 2.08. The lowest BCUT2D eigenvalue weighted by Gasteiger charge is -2.09. The Morgan fingerprint density at radius 3 is 2.64 bits per heavy atom. The minimum Gasteiger partial charge on any atom is -0.872 e. The van der Waals surface area contributed by atoms with E-state index >= 15 is 0 Å². The molecule has 0 unspecified atom stereocenters. The molecular weight excluding hydrogens is 146 g/mol. The van der Waals surface area contributed by atoms with Crippen LogP contribution in [0.4, 0.5) is 0 Å². The normalized spacial score (nSPS) is 9.18. The van der Waals surface area contributed by atoms with Crippen LogP contribution in [0.25, 0.3) is 0 Å². The number of carbonyl (C=O) groups excluding carboxylic acids is 1. The van der Waals surface area contributed by atoms with Crippen molar-refractivity contribution in [2.45, 2.75) is 0 Å². The van der Waals surface area contributed by atoms with Gasteiger partial charge in [-0.25, -0.2) is 5.48 Å². The highest BCUT2D eigenvalue weighted by Crippen LogP contribution is 2.10. The predicted octanol–water partition coefficient (Wildman–Crippen LogP) is -0.121. The summed E-state index contributed by atoms with van der Waals surface area (Å²) in [5, 5.41) is 19.0. The van der Waals surface area contributed by atoms with Gasteiger partial charge >= 0.3 is 0 Å². The van der Waals surface area contributed by atoms with Crippen LogP contribution >= 0.6 is 0 Å². The molecule has 1 rings (SSSR count). The van der Waals surface area contributed by atoms with Crippen LogP contribution in [0, 0.1) is 0 Å². The molecule has 0 aromatic heterocycles. The third-order valence-electron chi connectivity index (χ3n) is 1.23. The van der Waals surface area contributed by atoms with Gasteiger partial charge in [-0.15, -0.1) is 0 Å². The Bertz CT molecular complexity index is 272. The lowest BCUT2D eigenvalue weighted by atomic mass is 10.2. The van der Waals surface area contributed by atoms with E-state index in [-0.39, 0.29) is 5.56 Å². The molecule has 0 saturated heterocycles. The minimum atomic E-state index is -0.782. The van der Waals surface area contributed by atoms with E-state index in [4.69, 9.17) is 5.21 Å². The summed E-state index contributed by atoms with van der Waals surface area (Å²) in [5.41, 5.74) is 1.32. The molecule has 4 nitrogen and oxygen atoms in total. The number of hydrogen-bond donors (Lipinski definition) is 2. The summed E-state index contributed by atoms with van der Waals surface area (Å²) < 4.78 is 0. The maximum atomic E-state index is 10.8. The van der Waals surface area contributed by atoms with Crippen molar-refractivity contribution < 1.29 is 15.1 Å². The van der Waals surface area contributed by atoms with Crippen molar-refractivity contribution in [2.24, 2.45) is 0 Å². The predicted molar refractivity (Wildman–Crippen MR) is 35.1 cm³/mol. The van der Waals surface area contributed by atoms with E-state index in [0.29, 0.717) is 0 Å². The number of carbonyl (C=O) groups is 1. The van der Waals surface area contributed by atoms with Gasteiger partial charge in [0.15, 0.2) is 0 Å². The molecule has 0 saturated carbocycles. The summed E-state index contributed by atoms with van der Waals surface area (Å²) in [6.07, 6.45) is 0.